The molecule has 48 heavy (non-hydrogen) atoms. The molecule has 0 unspecified atom stereocenters. The molecule has 246 valence electrons. The largest absolute Gasteiger partial charge is 0.395 e. The molecule has 0 saturated carbocycles. The number of para-hydroxylation sites is 2. The first-order valence-electron chi connectivity index (χ1n) is 16.6. The molecule has 4 atom stereocenters. The summed E-state index contributed by atoms with van der Waals surface area (Å²) in [4.78, 5) is 24.2. The second-order valence-corrected chi connectivity index (χ2v) is 12.5. The van der Waals surface area contributed by atoms with E-state index in [4.69, 9.17) is 9.47 Å². The summed E-state index contributed by atoms with van der Waals surface area (Å²) >= 11 is 0. The van der Waals surface area contributed by atoms with Gasteiger partial charge >= 0.3 is 0 Å². The number of benzene rings is 4. The summed E-state index contributed by atoms with van der Waals surface area (Å²) in [5.41, 5.74) is 7.54. The Hall–Kier alpha value is -4.51. The first-order chi connectivity index (χ1) is 23.6. The highest BCUT2D eigenvalue weighted by Crippen LogP contribution is 2.39. The number of aromatic nitrogens is 2. The third-order valence-corrected chi connectivity index (χ3v) is 9.39. The molecule has 7 rings (SSSR count). The van der Waals surface area contributed by atoms with Crippen LogP contribution in [-0.2, 0) is 22.6 Å². The maximum atomic E-state index is 13.0. The SMILES string of the molecule is O=C(NCc1ccccc1-c1ccc([C@H]2O[C@@H](CN3CCC[C@H]3CO)C[C@@H](c3ccc(CO)cc3)O2)cc1)c1cnc2ccccc2n1. The number of aliphatic hydroxyl groups excluding tert-OH is 2. The van der Waals surface area contributed by atoms with Crippen molar-refractivity contribution in [3.8, 4) is 11.1 Å². The number of carbonyl (C=O) groups excluding carboxylic acids is 1. The average molecular weight is 645 g/mol. The van der Waals surface area contributed by atoms with E-state index in [1.165, 1.54) is 6.20 Å². The second-order valence-electron chi connectivity index (χ2n) is 12.5. The van der Waals surface area contributed by atoms with Crippen LogP contribution in [0.4, 0.5) is 0 Å². The molecule has 2 aliphatic rings. The van der Waals surface area contributed by atoms with Crippen LogP contribution in [0.2, 0.25) is 0 Å². The number of ether oxygens (including phenoxy) is 2. The molecule has 0 aliphatic carbocycles. The Kier molecular flexibility index (Phi) is 9.83. The minimum Gasteiger partial charge on any atom is -0.395 e. The topological polar surface area (TPSA) is 117 Å². The van der Waals surface area contributed by atoms with Crippen molar-refractivity contribution in [3.63, 3.8) is 0 Å². The van der Waals surface area contributed by atoms with E-state index in [0.29, 0.717) is 18.5 Å². The Morgan fingerprint density at radius 1 is 0.875 bits per heavy atom. The van der Waals surface area contributed by atoms with Crippen LogP contribution in [0.25, 0.3) is 22.2 Å². The summed E-state index contributed by atoms with van der Waals surface area (Å²) < 4.78 is 13.2. The molecule has 2 aliphatic heterocycles. The normalized spacial score (nSPS) is 21.4. The molecule has 0 bridgehead atoms. The zero-order valence-corrected chi connectivity index (χ0v) is 26.7. The molecule has 0 spiro atoms. The lowest BCUT2D eigenvalue weighted by molar-refractivity contribution is -0.253. The van der Waals surface area contributed by atoms with E-state index in [1.54, 1.807) is 0 Å². The lowest BCUT2D eigenvalue weighted by Crippen LogP contribution is -2.42. The van der Waals surface area contributed by atoms with Crippen molar-refractivity contribution >= 4 is 16.9 Å². The highest BCUT2D eigenvalue weighted by Gasteiger charge is 2.35. The zero-order chi connectivity index (χ0) is 32.9. The predicted molar refractivity (Wildman–Crippen MR) is 183 cm³/mol. The van der Waals surface area contributed by atoms with Gasteiger partial charge in [0.15, 0.2) is 6.29 Å². The number of carbonyl (C=O) groups is 1. The molecule has 1 aromatic heterocycles. The standard InChI is InChI=1S/C39H40N4O5/c44-24-26-11-13-28(14-12-26)37-20-32(23-43-19-5-7-31(43)25-45)47-39(48-37)29-17-15-27(16-18-29)33-8-2-1-6-30(33)21-41-38(46)36-22-40-34-9-3-4-10-35(34)42-36/h1-4,6,8-18,22,31-32,37,39,44-45H,5,7,19-21,23-25H2,(H,41,46)/t31-,32+,37-,39-/m0/s1. The maximum absolute atomic E-state index is 13.0. The van der Waals surface area contributed by atoms with E-state index in [-0.39, 0.29) is 43.1 Å². The first-order valence-corrected chi connectivity index (χ1v) is 16.6. The van der Waals surface area contributed by atoms with E-state index < -0.39 is 6.29 Å². The number of fused-ring (bicyclic) bond motifs is 1. The minimum atomic E-state index is -0.562. The molecule has 3 N–H and O–H groups in total. The molecule has 2 saturated heterocycles. The summed E-state index contributed by atoms with van der Waals surface area (Å²) in [6, 6.07) is 31.8. The van der Waals surface area contributed by atoms with Gasteiger partial charge < -0.3 is 25.0 Å². The average Bonchev–Trinajstić information content (AvgIpc) is 3.60. The van der Waals surface area contributed by atoms with Gasteiger partial charge in [-0.15, -0.1) is 0 Å². The summed E-state index contributed by atoms with van der Waals surface area (Å²) in [6.45, 7) is 2.18. The lowest BCUT2D eigenvalue weighted by atomic mass is 9.97. The molecular formula is C39H40N4O5. The van der Waals surface area contributed by atoms with Crippen LogP contribution in [0.1, 0.15) is 64.4 Å². The van der Waals surface area contributed by atoms with Crippen molar-refractivity contribution in [2.45, 2.75) is 57.0 Å². The first kappa shape index (κ1) is 32.1. The van der Waals surface area contributed by atoms with Gasteiger partial charge in [-0.25, -0.2) is 4.98 Å². The third kappa shape index (κ3) is 7.16. The van der Waals surface area contributed by atoms with Gasteiger partial charge in [-0.2, -0.15) is 0 Å². The predicted octanol–water partition coefficient (Wildman–Crippen LogP) is 5.72. The Labute approximate surface area is 280 Å². The van der Waals surface area contributed by atoms with Crippen LogP contribution in [0.15, 0.2) is 103 Å². The van der Waals surface area contributed by atoms with Crippen LogP contribution in [0, 0.1) is 0 Å². The van der Waals surface area contributed by atoms with E-state index >= 15 is 0 Å². The lowest BCUT2D eigenvalue weighted by Gasteiger charge is -2.38. The van der Waals surface area contributed by atoms with E-state index in [2.05, 4.69) is 38.4 Å². The molecule has 9 nitrogen and oxygen atoms in total. The Balaban J connectivity index is 1.07. The van der Waals surface area contributed by atoms with Gasteiger partial charge in [0.25, 0.3) is 5.91 Å². The summed E-state index contributed by atoms with van der Waals surface area (Å²) in [5.74, 6) is -0.278. The monoisotopic (exact) mass is 644 g/mol. The quantitative estimate of drug-likeness (QED) is 0.177. The van der Waals surface area contributed by atoms with Gasteiger partial charge in [0, 0.05) is 31.1 Å². The van der Waals surface area contributed by atoms with Gasteiger partial charge in [-0.3, -0.25) is 14.7 Å². The summed E-state index contributed by atoms with van der Waals surface area (Å²) in [6.07, 6.45) is 3.47. The smallest absolute Gasteiger partial charge is 0.271 e. The molecule has 5 aromatic rings. The molecular weight excluding hydrogens is 604 g/mol. The zero-order valence-electron chi connectivity index (χ0n) is 26.7. The number of nitrogens with one attached hydrogen (secondary N) is 1. The van der Waals surface area contributed by atoms with Crippen molar-refractivity contribution in [3.05, 3.63) is 131 Å². The molecule has 0 radical (unpaired) electrons. The van der Waals surface area contributed by atoms with Crippen LogP contribution >= 0.6 is 0 Å². The Morgan fingerprint density at radius 2 is 1.62 bits per heavy atom. The Bertz CT molecular complexity index is 1850. The fourth-order valence-electron chi connectivity index (χ4n) is 6.75. The van der Waals surface area contributed by atoms with Crippen LogP contribution in [0.3, 0.4) is 0 Å². The fraction of sp³-hybridized carbons (Fsp3) is 0.308. The van der Waals surface area contributed by atoms with E-state index in [1.807, 2.05) is 78.9 Å². The number of hydrogen-bond acceptors (Lipinski definition) is 8. The highest BCUT2D eigenvalue weighted by molar-refractivity contribution is 5.93. The second kappa shape index (κ2) is 14.7. The van der Waals surface area contributed by atoms with Gasteiger partial charge in [0.05, 0.1) is 42.7 Å². The maximum Gasteiger partial charge on any atom is 0.271 e. The molecule has 2 fully saturated rings. The number of aliphatic hydroxyl groups is 2. The highest BCUT2D eigenvalue weighted by atomic mass is 16.7. The molecule has 9 heteroatoms. The van der Waals surface area contributed by atoms with Crippen molar-refractivity contribution < 1.29 is 24.5 Å². The van der Waals surface area contributed by atoms with Crippen molar-refractivity contribution in [1.29, 1.82) is 0 Å². The number of hydrogen-bond donors (Lipinski definition) is 3. The number of nitrogens with zero attached hydrogens (tertiary/aromatic N) is 3. The number of likely N-dealkylation sites (tertiary alicyclic amines) is 1. The third-order valence-electron chi connectivity index (χ3n) is 9.39. The van der Waals surface area contributed by atoms with Crippen molar-refractivity contribution in [2.24, 2.45) is 0 Å². The Morgan fingerprint density at radius 3 is 2.42 bits per heavy atom. The van der Waals surface area contributed by atoms with E-state index in [9.17, 15) is 15.0 Å². The van der Waals surface area contributed by atoms with Gasteiger partial charge in [0.1, 0.15) is 5.69 Å². The van der Waals surface area contributed by atoms with Gasteiger partial charge in [-0.05, 0) is 59.3 Å². The van der Waals surface area contributed by atoms with Gasteiger partial charge in [0.2, 0.25) is 0 Å². The fourth-order valence-corrected chi connectivity index (χ4v) is 6.75. The van der Waals surface area contributed by atoms with Crippen LogP contribution < -0.4 is 5.32 Å². The van der Waals surface area contributed by atoms with Crippen molar-refractivity contribution in [1.82, 2.24) is 20.2 Å². The number of amides is 1. The van der Waals surface area contributed by atoms with Crippen LogP contribution in [0.5, 0.6) is 0 Å². The van der Waals surface area contributed by atoms with Crippen LogP contribution in [-0.4, -0.2) is 62.8 Å². The van der Waals surface area contributed by atoms with E-state index in [0.717, 1.165) is 64.8 Å². The van der Waals surface area contributed by atoms with Crippen molar-refractivity contribution in [2.75, 3.05) is 19.7 Å². The minimum absolute atomic E-state index is 0.00133. The van der Waals surface area contributed by atoms with Gasteiger partial charge in [-0.1, -0.05) is 84.9 Å². The number of rotatable bonds is 10. The molecule has 1 amide bonds. The summed E-state index contributed by atoms with van der Waals surface area (Å²) in [7, 11) is 0. The molecule has 4 aromatic carbocycles. The molecule has 3 heterocycles. The summed E-state index contributed by atoms with van der Waals surface area (Å²) in [5, 5.41) is 22.5.